The van der Waals surface area contributed by atoms with Gasteiger partial charge in [-0.3, -0.25) is 4.79 Å². The second-order valence-electron chi connectivity index (χ2n) is 7.03. The molecule has 2 rings (SSSR count). The Balaban J connectivity index is 1.93. The Labute approximate surface area is 183 Å². The van der Waals surface area contributed by atoms with Gasteiger partial charge in [-0.25, -0.2) is 4.79 Å². The van der Waals surface area contributed by atoms with E-state index in [1.807, 2.05) is 39.0 Å². The van der Waals surface area contributed by atoms with E-state index in [4.69, 9.17) is 18.9 Å². The van der Waals surface area contributed by atoms with Crippen molar-refractivity contribution in [1.29, 1.82) is 0 Å². The van der Waals surface area contributed by atoms with Gasteiger partial charge in [0.25, 0.3) is 5.91 Å². The zero-order chi connectivity index (χ0) is 23.0. The third kappa shape index (κ3) is 6.50. The monoisotopic (exact) mass is 427 g/mol. The van der Waals surface area contributed by atoms with E-state index >= 15 is 0 Å². The first-order valence-corrected chi connectivity index (χ1v) is 9.80. The molecule has 0 aliphatic heterocycles. The molecule has 0 radical (unpaired) electrons. The van der Waals surface area contributed by atoms with Crippen LogP contribution in [0.5, 0.6) is 17.2 Å². The first-order chi connectivity index (χ1) is 14.8. The van der Waals surface area contributed by atoms with Crippen molar-refractivity contribution in [3.8, 4) is 17.2 Å². The number of nitrogens with one attached hydrogen (secondary N) is 1. The Hall–Kier alpha value is -3.48. The Kier molecular flexibility index (Phi) is 8.49. The Bertz CT molecular complexity index is 942. The normalized spacial score (nSPS) is 11.7. The maximum atomic E-state index is 12.1. The molecule has 166 valence electrons. The third-order valence-electron chi connectivity index (χ3n) is 4.85. The van der Waals surface area contributed by atoms with E-state index in [-0.39, 0.29) is 18.6 Å². The molecule has 0 heterocycles. The minimum Gasteiger partial charge on any atom is -0.493 e. The van der Waals surface area contributed by atoms with Crippen molar-refractivity contribution in [2.24, 2.45) is 0 Å². The van der Waals surface area contributed by atoms with Crippen LogP contribution in [0.25, 0.3) is 6.08 Å². The standard InChI is InChI=1S/C24H29NO6/c1-15-7-9-19(11-16(15)2)17(3)25-22(26)14-31-23(27)10-8-18-12-20(28-4)24(30-6)21(13-18)29-5/h7-13,17H,14H2,1-6H3,(H,25,26)/b10-8+/t17-/m0/s1. The molecule has 2 aromatic rings. The molecule has 1 N–H and O–H groups in total. The average Bonchev–Trinajstić information content (AvgIpc) is 2.76. The summed E-state index contributed by atoms with van der Waals surface area (Å²) in [6.07, 6.45) is 2.78. The van der Waals surface area contributed by atoms with Gasteiger partial charge in [-0.1, -0.05) is 18.2 Å². The fourth-order valence-electron chi connectivity index (χ4n) is 2.95. The van der Waals surface area contributed by atoms with Crippen LogP contribution in [0.1, 0.15) is 35.2 Å². The summed E-state index contributed by atoms with van der Waals surface area (Å²) in [5, 5.41) is 2.83. The van der Waals surface area contributed by atoms with Crippen LogP contribution in [0.2, 0.25) is 0 Å². The zero-order valence-corrected chi connectivity index (χ0v) is 18.8. The molecule has 7 nitrogen and oxygen atoms in total. The molecule has 0 saturated carbocycles. The molecule has 0 saturated heterocycles. The number of rotatable bonds is 9. The highest BCUT2D eigenvalue weighted by Gasteiger charge is 2.13. The quantitative estimate of drug-likeness (QED) is 0.485. The molecular formula is C24H29NO6. The number of carbonyl (C=O) groups excluding carboxylic acids is 2. The predicted octanol–water partition coefficient (Wildman–Crippen LogP) is 3.76. The van der Waals surface area contributed by atoms with Gasteiger partial charge < -0.3 is 24.3 Å². The van der Waals surface area contributed by atoms with Crippen molar-refractivity contribution < 1.29 is 28.5 Å². The molecule has 2 aromatic carbocycles. The van der Waals surface area contributed by atoms with E-state index in [2.05, 4.69) is 5.32 Å². The van der Waals surface area contributed by atoms with Crippen molar-refractivity contribution in [2.45, 2.75) is 26.8 Å². The van der Waals surface area contributed by atoms with E-state index in [9.17, 15) is 9.59 Å². The third-order valence-corrected chi connectivity index (χ3v) is 4.85. The van der Waals surface area contributed by atoms with Gasteiger partial charge in [-0.2, -0.15) is 0 Å². The largest absolute Gasteiger partial charge is 0.493 e. The Morgan fingerprint density at radius 3 is 2.16 bits per heavy atom. The van der Waals surface area contributed by atoms with E-state index in [1.165, 1.54) is 33.0 Å². The van der Waals surface area contributed by atoms with Gasteiger partial charge in [-0.05, 0) is 61.2 Å². The predicted molar refractivity (Wildman–Crippen MR) is 119 cm³/mol. The molecular weight excluding hydrogens is 398 g/mol. The number of aryl methyl sites for hydroxylation is 2. The number of esters is 1. The van der Waals surface area contributed by atoms with Crippen molar-refractivity contribution in [1.82, 2.24) is 5.32 Å². The van der Waals surface area contributed by atoms with Crippen LogP contribution >= 0.6 is 0 Å². The average molecular weight is 427 g/mol. The molecule has 0 bridgehead atoms. The van der Waals surface area contributed by atoms with Gasteiger partial charge in [0.15, 0.2) is 18.1 Å². The second-order valence-corrected chi connectivity index (χ2v) is 7.03. The number of ether oxygens (including phenoxy) is 4. The lowest BCUT2D eigenvalue weighted by atomic mass is 10.0. The molecule has 0 spiro atoms. The highest BCUT2D eigenvalue weighted by atomic mass is 16.5. The number of benzene rings is 2. The van der Waals surface area contributed by atoms with E-state index in [0.717, 1.165) is 11.1 Å². The van der Waals surface area contributed by atoms with Crippen molar-refractivity contribution in [3.63, 3.8) is 0 Å². The summed E-state index contributed by atoms with van der Waals surface area (Å²) < 4.78 is 20.9. The molecule has 31 heavy (non-hydrogen) atoms. The molecule has 0 unspecified atom stereocenters. The van der Waals surface area contributed by atoms with Gasteiger partial charge in [-0.15, -0.1) is 0 Å². The number of amides is 1. The molecule has 7 heteroatoms. The molecule has 0 aliphatic carbocycles. The van der Waals surface area contributed by atoms with E-state index < -0.39 is 5.97 Å². The minimum absolute atomic E-state index is 0.194. The number of methoxy groups -OCH3 is 3. The van der Waals surface area contributed by atoms with Crippen LogP contribution in [0.3, 0.4) is 0 Å². The first-order valence-electron chi connectivity index (χ1n) is 9.80. The van der Waals surface area contributed by atoms with Crippen molar-refractivity contribution in [2.75, 3.05) is 27.9 Å². The molecule has 0 aliphatic rings. The van der Waals surface area contributed by atoms with Gasteiger partial charge in [0.05, 0.1) is 27.4 Å². The van der Waals surface area contributed by atoms with Crippen molar-refractivity contribution >= 4 is 18.0 Å². The highest BCUT2D eigenvalue weighted by Crippen LogP contribution is 2.38. The Morgan fingerprint density at radius 1 is 0.968 bits per heavy atom. The number of hydrogen-bond donors (Lipinski definition) is 1. The molecule has 0 fully saturated rings. The van der Waals surface area contributed by atoms with Crippen LogP contribution in [-0.2, 0) is 14.3 Å². The summed E-state index contributed by atoms with van der Waals surface area (Å²) >= 11 is 0. The smallest absolute Gasteiger partial charge is 0.331 e. The van der Waals surface area contributed by atoms with Gasteiger partial charge in [0.2, 0.25) is 5.75 Å². The SMILES string of the molecule is COc1cc(/C=C/C(=O)OCC(=O)N[C@@H](C)c2ccc(C)c(C)c2)cc(OC)c1OC. The minimum atomic E-state index is -0.636. The van der Waals surface area contributed by atoms with Crippen LogP contribution in [0.4, 0.5) is 0 Å². The fraction of sp³-hybridized carbons (Fsp3) is 0.333. The number of hydrogen-bond acceptors (Lipinski definition) is 6. The zero-order valence-electron chi connectivity index (χ0n) is 18.8. The Morgan fingerprint density at radius 2 is 1.61 bits per heavy atom. The molecule has 1 amide bonds. The highest BCUT2D eigenvalue weighted by molar-refractivity contribution is 5.89. The summed E-state index contributed by atoms with van der Waals surface area (Å²) in [5.74, 6) is 0.381. The summed E-state index contributed by atoms with van der Waals surface area (Å²) in [6, 6.07) is 9.22. The van der Waals surface area contributed by atoms with Gasteiger partial charge in [0.1, 0.15) is 0 Å². The number of carbonyl (C=O) groups is 2. The lowest BCUT2D eigenvalue weighted by molar-refractivity contribution is -0.144. The summed E-state index contributed by atoms with van der Waals surface area (Å²) in [6.45, 7) is 5.57. The lowest BCUT2D eigenvalue weighted by Gasteiger charge is -2.15. The van der Waals surface area contributed by atoms with Crippen LogP contribution < -0.4 is 19.5 Å². The fourth-order valence-corrected chi connectivity index (χ4v) is 2.95. The van der Waals surface area contributed by atoms with E-state index in [0.29, 0.717) is 22.8 Å². The summed E-state index contributed by atoms with van der Waals surface area (Å²) in [4.78, 5) is 24.2. The maximum Gasteiger partial charge on any atom is 0.331 e. The topological polar surface area (TPSA) is 83.1 Å². The molecule has 1 atom stereocenters. The van der Waals surface area contributed by atoms with E-state index in [1.54, 1.807) is 18.2 Å². The first kappa shape index (κ1) is 23.8. The van der Waals surface area contributed by atoms with Crippen LogP contribution in [0.15, 0.2) is 36.4 Å². The summed E-state index contributed by atoms with van der Waals surface area (Å²) in [7, 11) is 4.53. The van der Waals surface area contributed by atoms with Crippen LogP contribution in [0, 0.1) is 13.8 Å². The van der Waals surface area contributed by atoms with Crippen LogP contribution in [-0.4, -0.2) is 39.8 Å². The molecule has 0 aromatic heterocycles. The van der Waals surface area contributed by atoms with Crippen molar-refractivity contribution in [3.05, 3.63) is 58.7 Å². The van der Waals surface area contributed by atoms with Gasteiger partial charge in [0, 0.05) is 6.08 Å². The lowest BCUT2D eigenvalue weighted by Crippen LogP contribution is -2.31. The van der Waals surface area contributed by atoms with Gasteiger partial charge >= 0.3 is 5.97 Å². The maximum absolute atomic E-state index is 12.1. The summed E-state index contributed by atoms with van der Waals surface area (Å²) in [5.41, 5.74) is 3.99. The second kappa shape index (κ2) is 11.1.